The van der Waals surface area contributed by atoms with Gasteiger partial charge in [0.2, 0.25) is 0 Å². The number of aromatic nitrogens is 2. The number of nitrogens with zero attached hydrogens (tertiary/aromatic N) is 2. The molecular formula is C20H33F3N4. The van der Waals surface area contributed by atoms with Gasteiger partial charge in [0.05, 0.1) is 18.3 Å². The van der Waals surface area contributed by atoms with Crippen LogP contribution in [0.2, 0.25) is 0 Å². The van der Waals surface area contributed by atoms with E-state index in [-0.39, 0.29) is 18.0 Å². The fourth-order valence-electron chi connectivity index (χ4n) is 4.52. The molecule has 2 rings (SSSR count). The number of hydrogen-bond acceptors (Lipinski definition) is 4. The lowest BCUT2D eigenvalue weighted by molar-refractivity contribution is -0.196. The van der Waals surface area contributed by atoms with Gasteiger partial charge >= 0.3 is 6.18 Å². The van der Waals surface area contributed by atoms with E-state index in [2.05, 4.69) is 27.8 Å². The van der Waals surface area contributed by atoms with Gasteiger partial charge < -0.3 is 5.32 Å². The highest BCUT2D eigenvalue weighted by Gasteiger charge is 2.46. The van der Waals surface area contributed by atoms with Crippen molar-refractivity contribution in [3.05, 3.63) is 24.0 Å². The van der Waals surface area contributed by atoms with Crippen molar-refractivity contribution in [2.45, 2.75) is 70.6 Å². The Hall–Kier alpha value is -1.21. The Morgan fingerprint density at radius 3 is 2.56 bits per heavy atom. The summed E-state index contributed by atoms with van der Waals surface area (Å²) in [5.74, 6) is -1.27. The highest BCUT2D eigenvalue weighted by Crippen LogP contribution is 2.45. The standard InChI is InChI=1S/C20H33F3N4/c1-3-7-15(17-8-5-4-6-9-18(17)20(21,22)23)10-12-25-19(24-2)16-11-13-26-27-14-16/h11,13-15,17-19,24-25H,3-10,12H2,1-2H3. The van der Waals surface area contributed by atoms with E-state index < -0.39 is 12.1 Å². The lowest BCUT2D eigenvalue weighted by Gasteiger charge is -2.34. The minimum Gasteiger partial charge on any atom is -0.301 e. The predicted octanol–water partition coefficient (Wildman–Crippen LogP) is 4.85. The first-order chi connectivity index (χ1) is 13.0. The van der Waals surface area contributed by atoms with Gasteiger partial charge in [0.1, 0.15) is 0 Å². The third kappa shape index (κ3) is 6.71. The monoisotopic (exact) mass is 386 g/mol. The van der Waals surface area contributed by atoms with Crippen molar-refractivity contribution in [2.24, 2.45) is 17.8 Å². The second-order valence-electron chi connectivity index (χ2n) is 7.64. The molecule has 0 saturated heterocycles. The maximum atomic E-state index is 13.7. The van der Waals surface area contributed by atoms with Gasteiger partial charge in [-0.2, -0.15) is 23.4 Å². The van der Waals surface area contributed by atoms with Crippen LogP contribution in [0, 0.1) is 17.8 Å². The van der Waals surface area contributed by atoms with Gasteiger partial charge in [-0.05, 0) is 50.8 Å². The van der Waals surface area contributed by atoms with Crippen molar-refractivity contribution in [1.82, 2.24) is 20.8 Å². The summed E-state index contributed by atoms with van der Waals surface area (Å²) < 4.78 is 41.0. The van der Waals surface area contributed by atoms with Crippen LogP contribution in [0.15, 0.2) is 18.5 Å². The molecule has 1 fully saturated rings. The quantitative estimate of drug-likeness (QED) is 0.471. The van der Waals surface area contributed by atoms with E-state index in [1.54, 1.807) is 12.4 Å². The van der Waals surface area contributed by atoms with E-state index in [4.69, 9.17) is 0 Å². The Labute approximate surface area is 160 Å². The second kappa shape index (κ2) is 11.0. The van der Waals surface area contributed by atoms with Crippen LogP contribution in [0.1, 0.15) is 70.0 Å². The average Bonchev–Trinajstić information content (AvgIpc) is 2.91. The van der Waals surface area contributed by atoms with Crippen molar-refractivity contribution < 1.29 is 13.2 Å². The fraction of sp³-hybridized carbons (Fsp3) is 0.800. The van der Waals surface area contributed by atoms with Gasteiger partial charge in [-0.3, -0.25) is 5.32 Å². The zero-order valence-electron chi connectivity index (χ0n) is 16.4. The molecule has 0 radical (unpaired) electrons. The zero-order valence-corrected chi connectivity index (χ0v) is 16.4. The third-order valence-corrected chi connectivity index (χ3v) is 5.85. The minimum absolute atomic E-state index is 0.0738. The molecule has 0 aliphatic heterocycles. The first kappa shape index (κ1) is 22.1. The van der Waals surface area contributed by atoms with Crippen molar-refractivity contribution in [1.29, 1.82) is 0 Å². The first-order valence-electron chi connectivity index (χ1n) is 10.2. The number of alkyl halides is 3. The molecule has 1 saturated carbocycles. The van der Waals surface area contributed by atoms with E-state index in [0.29, 0.717) is 25.8 Å². The highest BCUT2D eigenvalue weighted by atomic mass is 19.4. The summed E-state index contributed by atoms with van der Waals surface area (Å²) in [6.45, 7) is 2.75. The molecule has 1 heterocycles. The molecule has 1 aliphatic rings. The van der Waals surface area contributed by atoms with Crippen molar-refractivity contribution in [2.75, 3.05) is 13.6 Å². The molecule has 0 aromatic carbocycles. The van der Waals surface area contributed by atoms with Crippen molar-refractivity contribution in [3.63, 3.8) is 0 Å². The third-order valence-electron chi connectivity index (χ3n) is 5.85. The normalized spacial score (nSPS) is 23.6. The summed E-state index contributed by atoms with van der Waals surface area (Å²) in [7, 11) is 1.85. The molecule has 27 heavy (non-hydrogen) atoms. The van der Waals surface area contributed by atoms with E-state index in [0.717, 1.165) is 37.7 Å². The Morgan fingerprint density at radius 1 is 1.15 bits per heavy atom. The van der Waals surface area contributed by atoms with E-state index in [9.17, 15) is 13.2 Å². The molecule has 2 N–H and O–H groups in total. The Kier molecular flexibility index (Phi) is 8.96. The van der Waals surface area contributed by atoms with Gasteiger partial charge in [-0.1, -0.05) is 39.0 Å². The number of nitrogens with one attached hydrogen (secondary N) is 2. The van der Waals surface area contributed by atoms with Crippen LogP contribution in [0.4, 0.5) is 13.2 Å². The summed E-state index contributed by atoms with van der Waals surface area (Å²) in [5, 5.41) is 14.3. The average molecular weight is 387 g/mol. The second-order valence-corrected chi connectivity index (χ2v) is 7.64. The number of hydrogen-bond donors (Lipinski definition) is 2. The molecule has 1 aliphatic carbocycles. The van der Waals surface area contributed by atoms with E-state index in [1.165, 1.54) is 0 Å². The zero-order chi connectivity index (χ0) is 19.7. The van der Waals surface area contributed by atoms with E-state index >= 15 is 0 Å². The Bertz CT molecular complexity index is 524. The van der Waals surface area contributed by atoms with Crippen LogP contribution in [0.25, 0.3) is 0 Å². The molecule has 0 spiro atoms. The van der Waals surface area contributed by atoms with Crippen molar-refractivity contribution >= 4 is 0 Å². The Morgan fingerprint density at radius 2 is 1.93 bits per heavy atom. The van der Waals surface area contributed by atoms with Gasteiger partial charge in [-0.25, -0.2) is 0 Å². The van der Waals surface area contributed by atoms with Gasteiger partial charge in [-0.15, -0.1) is 0 Å². The molecule has 1 aromatic heterocycles. The largest absolute Gasteiger partial charge is 0.392 e. The summed E-state index contributed by atoms with van der Waals surface area (Å²) in [6, 6.07) is 1.88. The number of halogens is 3. The van der Waals surface area contributed by atoms with Crippen LogP contribution in [0.5, 0.6) is 0 Å². The minimum atomic E-state index is -4.08. The molecule has 4 nitrogen and oxygen atoms in total. The molecule has 154 valence electrons. The van der Waals surface area contributed by atoms with Gasteiger partial charge in [0, 0.05) is 11.8 Å². The van der Waals surface area contributed by atoms with Crippen LogP contribution in [-0.4, -0.2) is 30.0 Å². The molecule has 0 bridgehead atoms. The SMILES string of the molecule is CCCC(CCNC(NC)c1ccnnc1)C1CCCCCC1C(F)(F)F. The van der Waals surface area contributed by atoms with Gasteiger partial charge in [0.25, 0.3) is 0 Å². The summed E-state index contributed by atoms with van der Waals surface area (Å²) in [4.78, 5) is 0. The highest BCUT2D eigenvalue weighted by molar-refractivity contribution is 5.10. The van der Waals surface area contributed by atoms with E-state index in [1.807, 2.05) is 13.1 Å². The topological polar surface area (TPSA) is 49.8 Å². The molecule has 0 amide bonds. The number of rotatable bonds is 9. The first-order valence-corrected chi connectivity index (χ1v) is 10.2. The van der Waals surface area contributed by atoms with Crippen molar-refractivity contribution in [3.8, 4) is 0 Å². The summed E-state index contributed by atoms with van der Waals surface area (Å²) >= 11 is 0. The maximum absolute atomic E-state index is 13.7. The molecule has 7 heteroatoms. The molecule has 1 aromatic rings. The Balaban J connectivity index is 2.00. The molecule has 4 atom stereocenters. The molecular weight excluding hydrogens is 353 g/mol. The van der Waals surface area contributed by atoms with Crippen LogP contribution in [-0.2, 0) is 0 Å². The van der Waals surface area contributed by atoms with Gasteiger partial charge in [0.15, 0.2) is 0 Å². The fourth-order valence-corrected chi connectivity index (χ4v) is 4.52. The molecule has 4 unspecified atom stereocenters. The summed E-state index contributed by atoms with van der Waals surface area (Å²) in [6.07, 6.45) is 5.29. The predicted molar refractivity (Wildman–Crippen MR) is 101 cm³/mol. The summed E-state index contributed by atoms with van der Waals surface area (Å²) in [5.41, 5.74) is 0.974. The lowest BCUT2D eigenvalue weighted by Crippen LogP contribution is -2.37. The maximum Gasteiger partial charge on any atom is 0.392 e. The van der Waals surface area contributed by atoms with Crippen LogP contribution in [0.3, 0.4) is 0 Å². The lowest BCUT2D eigenvalue weighted by atomic mass is 9.74. The van der Waals surface area contributed by atoms with Crippen LogP contribution >= 0.6 is 0 Å². The smallest absolute Gasteiger partial charge is 0.301 e. The van der Waals surface area contributed by atoms with Crippen LogP contribution < -0.4 is 10.6 Å².